The van der Waals surface area contributed by atoms with E-state index >= 15 is 0 Å². The standard InChI is InChI=1S/C19H30N4O4/c1-14(2)22(18(24)27-19(3,4)5)13-15-8-7-11-21(12-15)17-16(23(25)26)9-6-10-20-17/h6,9-10,14-15H,7-8,11-13H2,1-5H3/t15-/m1/s1. The molecule has 8 heteroatoms. The molecule has 1 atom stereocenters. The third-order valence-corrected chi connectivity index (χ3v) is 4.49. The van der Waals surface area contributed by atoms with Gasteiger partial charge in [-0.1, -0.05) is 0 Å². The molecule has 0 unspecified atom stereocenters. The zero-order valence-electron chi connectivity index (χ0n) is 16.8. The van der Waals surface area contributed by atoms with Crippen LogP contribution in [0.15, 0.2) is 18.3 Å². The first kappa shape index (κ1) is 20.9. The zero-order valence-corrected chi connectivity index (χ0v) is 16.8. The van der Waals surface area contributed by atoms with Crippen molar-refractivity contribution in [2.75, 3.05) is 24.5 Å². The Labute approximate surface area is 160 Å². The maximum Gasteiger partial charge on any atom is 0.410 e. The van der Waals surface area contributed by atoms with Crippen molar-refractivity contribution in [3.8, 4) is 0 Å². The van der Waals surface area contributed by atoms with Crippen molar-refractivity contribution in [2.45, 2.75) is 59.1 Å². The third-order valence-electron chi connectivity index (χ3n) is 4.49. The molecule has 0 radical (unpaired) electrons. The van der Waals surface area contributed by atoms with Gasteiger partial charge in [0.25, 0.3) is 0 Å². The fourth-order valence-electron chi connectivity index (χ4n) is 3.28. The van der Waals surface area contributed by atoms with Gasteiger partial charge in [-0.25, -0.2) is 9.78 Å². The molecule has 1 amide bonds. The number of hydrogen-bond acceptors (Lipinski definition) is 6. The highest BCUT2D eigenvalue weighted by Gasteiger charge is 2.31. The fraction of sp³-hybridized carbons (Fsp3) is 0.684. The number of hydrogen-bond donors (Lipinski definition) is 0. The first-order valence-electron chi connectivity index (χ1n) is 9.42. The van der Waals surface area contributed by atoms with Crippen LogP contribution in [0.5, 0.6) is 0 Å². The summed E-state index contributed by atoms with van der Waals surface area (Å²) in [5.41, 5.74) is -0.525. The molecule has 0 spiro atoms. The quantitative estimate of drug-likeness (QED) is 0.571. The molecule has 1 saturated heterocycles. The van der Waals surface area contributed by atoms with Gasteiger partial charge in [0, 0.05) is 37.9 Å². The summed E-state index contributed by atoms with van der Waals surface area (Å²) in [6.45, 7) is 11.4. The number of rotatable bonds is 5. The van der Waals surface area contributed by atoms with E-state index in [-0.39, 0.29) is 23.7 Å². The van der Waals surface area contributed by atoms with Gasteiger partial charge in [-0.2, -0.15) is 0 Å². The summed E-state index contributed by atoms with van der Waals surface area (Å²) in [6.07, 6.45) is 3.12. The molecule has 0 saturated carbocycles. The van der Waals surface area contributed by atoms with E-state index in [4.69, 9.17) is 4.74 Å². The molecular weight excluding hydrogens is 348 g/mol. The van der Waals surface area contributed by atoms with E-state index < -0.39 is 10.5 Å². The Hall–Kier alpha value is -2.38. The lowest BCUT2D eigenvalue weighted by molar-refractivity contribution is -0.384. The van der Waals surface area contributed by atoms with Crippen molar-refractivity contribution in [1.29, 1.82) is 0 Å². The van der Waals surface area contributed by atoms with E-state index in [1.54, 1.807) is 17.2 Å². The fourth-order valence-corrected chi connectivity index (χ4v) is 3.28. The van der Waals surface area contributed by atoms with Crippen LogP contribution >= 0.6 is 0 Å². The Balaban J connectivity index is 2.11. The Morgan fingerprint density at radius 3 is 2.78 bits per heavy atom. The lowest BCUT2D eigenvalue weighted by Crippen LogP contribution is -2.47. The smallest absolute Gasteiger partial charge is 0.410 e. The largest absolute Gasteiger partial charge is 0.444 e. The summed E-state index contributed by atoms with van der Waals surface area (Å²) in [6, 6.07) is 3.07. The van der Waals surface area contributed by atoms with Gasteiger partial charge >= 0.3 is 11.8 Å². The number of piperidine rings is 1. The second-order valence-electron chi connectivity index (χ2n) is 8.28. The minimum Gasteiger partial charge on any atom is -0.444 e. The molecule has 2 heterocycles. The summed E-state index contributed by atoms with van der Waals surface area (Å²) < 4.78 is 5.54. The number of nitrogens with zero attached hydrogens (tertiary/aromatic N) is 4. The molecular formula is C19H30N4O4. The van der Waals surface area contributed by atoms with Crippen LogP contribution in [0.1, 0.15) is 47.5 Å². The minimum atomic E-state index is -0.544. The van der Waals surface area contributed by atoms with E-state index in [9.17, 15) is 14.9 Å². The van der Waals surface area contributed by atoms with Crippen molar-refractivity contribution in [3.05, 3.63) is 28.4 Å². The minimum absolute atomic E-state index is 0.0133. The molecule has 150 valence electrons. The normalized spacial score (nSPS) is 17.7. The summed E-state index contributed by atoms with van der Waals surface area (Å²) >= 11 is 0. The van der Waals surface area contributed by atoms with Gasteiger partial charge in [-0.3, -0.25) is 10.1 Å². The molecule has 0 aromatic carbocycles. The lowest BCUT2D eigenvalue weighted by Gasteiger charge is -2.37. The highest BCUT2D eigenvalue weighted by Crippen LogP contribution is 2.29. The number of ether oxygens (including phenoxy) is 1. The number of nitro groups is 1. The predicted octanol–water partition coefficient (Wildman–Crippen LogP) is 3.85. The van der Waals surface area contributed by atoms with E-state index in [0.717, 1.165) is 19.4 Å². The molecule has 1 aliphatic heterocycles. The van der Waals surface area contributed by atoms with Crippen LogP contribution in [0.2, 0.25) is 0 Å². The van der Waals surface area contributed by atoms with Crippen LogP contribution in [-0.2, 0) is 4.74 Å². The SMILES string of the molecule is CC(C)N(C[C@@H]1CCCN(c2ncccc2[N+](=O)[O-])C1)C(=O)OC(C)(C)C. The number of amides is 1. The number of anilines is 1. The van der Waals surface area contributed by atoms with Gasteiger partial charge < -0.3 is 14.5 Å². The number of carbonyl (C=O) groups excluding carboxylic acids is 1. The second-order valence-corrected chi connectivity index (χ2v) is 8.28. The molecule has 8 nitrogen and oxygen atoms in total. The topological polar surface area (TPSA) is 88.8 Å². The molecule has 2 rings (SSSR count). The van der Waals surface area contributed by atoms with Gasteiger partial charge in [0.1, 0.15) is 5.60 Å². The van der Waals surface area contributed by atoms with Crippen molar-refractivity contribution < 1.29 is 14.5 Å². The molecule has 1 aliphatic rings. The van der Waals surface area contributed by atoms with E-state index in [2.05, 4.69) is 4.98 Å². The molecule has 0 N–H and O–H groups in total. The van der Waals surface area contributed by atoms with Gasteiger partial charge in [0.05, 0.1) is 4.92 Å². The average Bonchev–Trinajstić information content (AvgIpc) is 2.58. The average molecular weight is 378 g/mol. The third kappa shape index (κ3) is 5.80. The molecule has 1 fully saturated rings. The molecule has 0 bridgehead atoms. The van der Waals surface area contributed by atoms with E-state index in [1.807, 2.05) is 39.5 Å². The van der Waals surface area contributed by atoms with Gasteiger partial charge in [0.15, 0.2) is 0 Å². The lowest BCUT2D eigenvalue weighted by atomic mass is 9.97. The molecule has 0 aliphatic carbocycles. The van der Waals surface area contributed by atoms with Gasteiger partial charge in [-0.15, -0.1) is 0 Å². The van der Waals surface area contributed by atoms with Crippen LogP contribution in [0.3, 0.4) is 0 Å². The van der Waals surface area contributed by atoms with Crippen LogP contribution in [-0.4, -0.2) is 52.2 Å². The van der Waals surface area contributed by atoms with Crippen molar-refractivity contribution >= 4 is 17.6 Å². The number of pyridine rings is 1. The highest BCUT2D eigenvalue weighted by molar-refractivity contribution is 5.68. The van der Waals surface area contributed by atoms with E-state index in [0.29, 0.717) is 18.9 Å². The van der Waals surface area contributed by atoms with Crippen LogP contribution in [0.4, 0.5) is 16.3 Å². The highest BCUT2D eigenvalue weighted by atomic mass is 16.6. The number of carbonyl (C=O) groups is 1. The first-order valence-corrected chi connectivity index (χ1v) is 9.42. The Morgan fingerprint density at radius 2 is 2.19 bits per heavy atom. The summed E-state index contributed by atoms with van der Waals surface area (Å²) in [5, 5.41) is 11.3. The molecule has 27 heavy (non-hydrogen) atoms. The first-order chi connectivity index (χ1) is 12.6. The maximum atomic E-state index is 12.6. The maximum absolute atomic E-state index is 12.6. The van der Waals surface area contributed by atoms with Crippen LogP contribution in [0.25, 0.3) is 0 Å². The van der Waals surface area contributed by atoms with Crippen molar-refractivity contribution in [3.63, 3.8) is 0 Å². The summed E-state index contributed by atoms with van der Waals surface area (Å²) in [7, 11) is 0. The number of aromatic nitrogens is 1. The predicted molar refractivity (Wildman–Crippen MR) is 104 cm³/mol. The van der Waals surface area contributed by atoms with Crippen LogP contribution in [0, 0.1) is 16.0 Å². The Morgan fingerprint density at radius 1 is 1.48 bits per heavy atom. The van der Waals surface area contributed by atoms with Gasteiger partial charge in [0.2, 0.25) is 5.82 Å². The summed E-state index contributed by atoms with van der Waals surface area (Å²) in [5.74, 6) is 0.607. The summed E-state index contributed by atoms with van der Waals surface area (Å²) in [4.78, 5) is 31.4. The second kappa shape index (κ2) is 8.54. The molecule has 1 aromatic heterocycles. The van der Waals surface area contributed by atoms with E-state index in [1.165, 1.54) is 6.07 Å². The van der Waals surface area contributed by atoms with Crippen molar-refractivity contribution in [1.82, 2.24) is 9.88 Å². The zero-order chi connectivity index (χ0) is 20.2. The van der Waals surface area contributed by atoms with Crippen molar-refractivity contribution in [2.24, 2.45) is 5.92 Å². The van der Waals surface area contributed by atoms with Crippen LogP contribution < -0.4 is 4.90 Å². The monoisotopic (exact) mass is 378 g/mol. The molecule has 1 aromatic rings. The Kier molecular flexibility index (Phi) is 6.62. The van der Waals surface area contributed by atoms with Gasteiger partial charge in [-0.05, 0) is 59.4 Å². The Bertz CT molecular complexity index is 672.